The molecule has 3 rings (SSSR count). The van der Waals surface area contributed by atoms with Crippen LogP contribution in [0.1, 0.15) is 50.9 Å². The Bertz CT molecular complexity index is 1670. The minimum Gasteiger partial charge on any atom is -0.450 e. The van der Waals surface area contributed by atoms with Gasteiger partial charge in [0.15, 0.2) is 0 Å². The van der Waals surface area contributed by atoms with Crippen LogP contribution in [-0.4, -0.2) is 85.9 Å². The predicted octanol–water partition coefficient (Wildman–Crippen LogP) is 5.47. The largest absolute Gasteiger partial charge is 0.450 e. The van der Waals surface area contributed by atoms with E-state index in [1.54, 1.807) is 12.3 Å². The molecule has 0 saturated heterocycles. The molecule has 1 aromatic heterocycles. The molecule has 284 valence electrons. The van der Waals surface area contributed by atoms with Crippen molar-refractivity contribution in [1.29, 1.82) is 0 Å². The molecule has 0 spiro atoms. The number of aromatic nitrogens is 1. The zero-order valence-corrected chi connectivity index (χ0v) is 32.2. The van der Waals surface area contributed by atoms with Crippen LogP contribution in [0.3, 0.4) is 0 Å². The number of hydrogen-bond acceptors (Lipinski definition) is 6. The summed E-state index contributed by atoms with van der Waals surface area (Å²) < 4.78 is 36.7. The van der Waals surface area contributed by atoms with Gasteiger partial charge in [-0.2, -0.15) is 0 Å². The van der Waals surface area contributed by atoms with Crippen molar-refractivity contribution < 1.29 is 37.8 Å². The van der Waals surface area contributed by atoms with Gasteiger partial charge in [-0.25, -0.2) is 13.6 Å². The third-order valence-corrected chi connectivity index (χ3v) is 10.2. The summed E-state index contributed by atoms with van der Waals surface area (Å²) in [7, 11) is -0.0315. The van der Waals surface area contributed by atoms with Crippen LogP contribution >= 0.6 is 0 Å². The van der Waals surface area contributed by atoms with Crippen molar-refractivity contribution >= 4 is 31.9 Å². The Morgan fingerprint density at radius 2 is 1.71 bits per heavy atom. The van der Waals surface area contributed by atoms with Crippen molar-refractivity contribution in [3.63, 3.8) is 0 Å². The first-order chi connectivity index (χ1) is 24.4. The number of aliphatic hydroxyl groups excluding tert-OH is 1. The molecule has 2 aromatic carbocycles. The van der Waals surface area contributed by atoms with Crippen LogP contribution in [0.25, 0.3) is 11.1 Å². The first-order valence-electron chi connectivity index (χ1n) is 17.4. The van der Waals surface area contributed by atoms with Crippen LogP contribution in [0.2, 0.25) is 25.7 Å². The number of nitrogens with one attached hydrogen (secondary N) is 3. The lowest BCUT2D eigenvalue weighted by Crippen LogP contribution is -2.51. The van der Waals surface area contributed by atoms with Gasteiger partial charge in [-0.15, -0.1) is 0 Å². The summed E-state index contributed by atoms with van der Waals surface area (Å²) >= 11 is 0. The van der Waals surface area contributed by atoms with E-state index < -0.39 is 61.7 Å². The predicted molar refractivity (Wildman–Crippen MR) is 199 cm³/mol. The van der Waals surface area contributed by atoms with E-state index in [0.29, 0.717) is 17.8 Å². The van der Waals surface area contributed by atoms with Gasteiger partial charge in [0, 0.05) is 64.2 Å². The third-order valence-electron chi connectivity index (χ3n) is 8.52. The van der Waals surface area contributed by atoms with Gasteiger partial charge in [-0.05, 0) is 47.7 Å². The summed E-state index contributed by atoms with van der Waals surface area (Å²) in [5, 5.41) is 18.0. The molecular formula is C38H53F2N5O6Si. The van der Waals surface area contributed by atoms with Crippen LogP contribution in [0, 0.1) is 17.0 Å². The smallest absolute Gasteiger partial charge is 0.407 e. The van der Waals surface area contributed by atoms with Crippen molar-refractivity contribution in [2.24, 2.45) is 5.41 Å². The fraction of sp³-hybridized carbons (Fsp3) is 0.474. The molecule has 4 amide bonds. The molecule has 52 heavy (non-hydrogen) atoms. The summed E-state index contributed by atoms with van der Waals surface area (Å²) in [5.41, 5.74) is 1.26. The molecule has 0 unspecified atom stereocenters. The highest BCUT2D eigenvalue weighted by atomic mass is 28.3. The molecule has 4 N–H and O–H groups in total. The number of aliphatic hydroxyl groups is 1. The van der Waals surface area contributed by atoms with E-state index in [1.165, 1.54) is 11.9 Å². The number of nitrogens with zero attached hydrogens (tertiary/aromatic N) is 2. The molecule has 0 fully saturated rings. The lowest BCUT2D eigenvalue weighted by molar-refractivity contribution is -0.140. The van der Waals surface area contributed by atoms with Crippen LogP contribution in [0.5, 0.6) is 0 Å². The summed E-state index contributed by atoms with van der Waals surface area (Å²) in [4.78, 5) is 53.2. The van der Waals surface area contributed by atoms with E-state index in [-0.39, 0.29) is 44.0 Å². The number of ether oxygens (including phenoxy) is 1. The fourth-order valence-electron chi connectivity index (χ4n) is 5.82. The van der Waals surface area contributed by atoms with Crippen molar-refractivity contribution in [1.82, 2.24) is 25.4 Å². The average Bonchev–Trinajstić information content (AvgIpc) is 3.47. The first kappa shape index (κ1) is 41.9. The van der Waals surface area contributed by atoms with E-state index in [4.69, 9.17) is 4.74 Å². The van der Waals surface area contributed by atoms with Gasteiger partial charge in [-0.3, -0.25) is 14.4 Å². The zero-order chi connectivity index (χ0) is 38.6. The highest BCUT2D eigenvalue weighted by Gasteiger charge is 2.38. The maximum atomic E-state index is 15.1. The molecule has 0 saturated carbocycles. The number of rotatable bonds is 17. The molecule has 0 aliphatic rings. The molecule has 3 aromatic rings. The maximum absolute atomic E-state index is 15.1. The summed E-state index contributed by atoms with van der Waals surface area (Å²) in [6.07, 6.45) is 0.860. The number of benzene rings is 2. The van der Waals surface area contributed by atoms with Gasteiger partial charge in [-0.1, -0.05) is 70.7 Å². The summed E-state index contributed by atoms with van der Waals surface area (Å²) in [5.74, 6) is -2.72. The molecule has 11 nitrogen and oxygen atoms in total. The van der Waals surface area contributed by atoms with E-state index in [0.717, 1.165) is 29.8 Å². The highest BCUT2D eigenvalue weighted by Crippen LogP contribution is 2.41. The maximum Gasteiger partial charge on any atom is 0.407 e. The van der Waals surface area contributed by atoms with Gasteiger partial charge in [0.1, 0.15) is 24.3 Å². The average molecular weight is 742 g/mol. The lowest BCUT2D eigenvalue weighted by atomic mass is 9.82. The van der Waals surface area contributed by atoms with E-state index >= 15 is 4.39 Å². The van der Waals surface area contributed by atoms with Crippen molar-refractivity contribution in [3.8, 4) is 11.1 Å². The Balaban J connectivity index is 2.04. The molecule has 2 atom stereocenters. The van der Waals surface area contributed by atoms with E-state index in [1.807, 2.05) is 55.7 Å². The molecular weight excluding hydrogens is 689 g/mol. The second-order valence-corrected chi connectivity index (χ2v) is 20.7. The molecule has 0 aliphatic carbocycles. The van der Waals surface area contributed by atoms with E-state index in [9.17, 15) is 28.7 Å². The van der Waals surface area contributed by atoms with E-state index in [2.05, 4.69) is 35.6 Å². The SMILES string of the molecule is CNC(=O)CCNC(=O)[C@H](CCN(C(=O)CO)[C@@H](c1cc(-c2cc(F)ccc2F)cn1Cc1ccccc1)C(C)(C)C)NC(=O)OCC[Si](C)(C)C. The Kier molecular flexibility index (Phi) is 15.1. The number of carbonyl (C=O) groups is 4. The fourth-order valence-corrected chi connectivity index (χ4v) is 6.53. The Hall–Kier alpha value is -4.56. The number of amides is 4. The minimum atomic E-state index is -1.51. The minimum absolute atomic E-state index is 0.0116. The summed E-state index contributed by atoms with van der Waals surface area (Å²) in [6, 6.07) is 13.3. The lowest BCUT2D eigenvalue weighted by Gasteiger charge is -2.41. The Morgan fingerprint density at radius 1 is 1.02 bits per heavy atom. The number of hydrogen-bond donors (Lipinski definition) is 4. The number of halogens is 2. The van der Waals surface area contributed by atoms with Gasteiger partial charge in [0.05, 0.1) is 12.6 Å². The topological polar surface area (TPSA) is 142 Å². The van der Waals surface area contributed by atoms with Crippen LogP contribution in [0.15, 0.2) is 60.8 Å². The highest BCUT2D eigenvalue weighted by molar-refractivity contribution is 6.76. The van der Waals surface area contributed by atoms with Crippen molar-refractivity contribution in [3.05, 3.63) is 83.7 Å². The molecule has 1 heterocycles. The molecule has 0 aliphatic heterocycles. The van der Waals surface area contributed by atoms with Crippen LogP contribution in [0.4, 0.5) is 13.6 Å². The van der Waals surface area contributed by atoms with Gasteiger partial charge in [0.25, 0.3) is 0 Å². The number of alkyl carbamates (subject to hydrolysis) is 1. The second kappa shape index (κ2) is 18.8. The molecule has 0 bridgehead atoms. The van der Waals surface area contributed by atoms with Crippen LogP contribution < -0.4 is 16.0 Å². The van der Waals surface area contributed by atoms with Crippen molar-refractivity contribution in [2.75, 3.05) is 33.4 Å². The van der Waals surface area contributed by atoms with Gasteiger partial charge in [0.2, 0.25) is 17.7 Å². The zero-order valence-electron chi connectivity index (χ0n) is 31.2. The van der Waals surface area contributed by atoms with Crippen LogP contribution in [-0.2, 0) is 25.7 Å². The van der Waals surface area contributed by atoms with Gasteiger partial charge < -0.3 is 35.3 Å². The quantitative estimate of drug-likeness (QED) is 0.135. The third kappa shape index (κ3) is 12.6. The summed E-state index contributed by atoms with van der Waals surface area (Å²) in [6.45, 7) is 11.8. The second-order valence-electron chi connectivity index (χ2n) is 15.1. The van der Waals surface area contributed by atoms with Gasteiger partial charge >= 0.3 is 6.09 Å². The standard InChI is InChI=1S/C38H53F2N5O6Si/c1-38(2,3)35(32-21-27(29-22-28(39)13-14-30(29)40)24-44(32)23-26-11-9-8-10-12-26)45(34(48)25-46)18-16-31(36(49)42-17-15-33(47)41-4)43-37(50)51-19-20-52(5,6)7/h8-14,21-22,24,31,35,46H,15-20,23,25H2,1-7H3,(H,41,47)(H,42,49)(H,43,50)/t31-,35-/m0/s1. The monoisotopic (exact) mass is 741 g/mol. The van der Waals surface area contributed by atoms with Crippen molar-refractivity contribution in [2.45, 2.75) is 77.9 Å². The normalized spacial score (nSPS) is 12.8. The molecule has 0 radical (unpaired) electrons. The first-order valence-corrected chi connectivity index (χ1v) is 21.2. The number of carbonyl (C=O) groups excluding carboxylic acids is 4. The molecule has 14 heteroatoms. The Labute approximate surface area is 306 Å². The Morgan fingerprint density at radius 3 is 2.33 bits per heavy atom.